The van der Waals surface area contributed by atoms with Crippen LogP contribution in [0, 0.1) is 0 Å². The van der Waals surface area contributed by atoms with E-state index < -0.39 is 30.0 Å². The fourth-order valence-corrected chi connectivity index (χ4v) is 7.38. The Kier molecular flexibility index (Phi) is 15.4. The lowest BCUT2D eigenvalue weighted by Crippen LogP contribution is -2.52. The molecule has 0 aliphatic rings. The van der Waals surface area contributed by atoms with Gasteiger partial charge < -0.3 is 28.8 Å². The maximum atomic E-state index is 11.2. The van der Waals surface area contributed by atoms with E-state index in [2.05, 4.69) is 36.4 Å². The predicted octanol–water partition coefficient (Wildman–Crippen LogP) is 10.3. The van der Waals surface area contributed by atoms with E-state index in [9.17, 15) is 5.11 Å². The Morgan fingerprint density at radius 2 is 0.610 bits per heavy atom. The number of ether oxygens (including phenoxy) is 5. The third kappa shape index (κ3) is 11.3. The van der Waals surface area contributed by atoms with Gasteiger partial charge in [0, 0.05) is 0 Å². The number of hydrogen-bond acceptors (Lipinski definition) is 6. The van der Waals surface area contributed by atoms with E-state index in [-0.39, 0.29) is 39.6 Å². The second kappa shape index (κ2) is 21.9. The van der Waals surface area contributed by atoms with Crippen molar-refractivity contribution in [1.82, 2.24) is 0 Å². The van der Waals surface area contributed by atoms with Gasteiger partial charge in [0.25, 0.3) is 0 Å². The molecule has 7 aromatic rings. The van der Waals surface area contributed by atoms with Crippen molar-refractivity contribution in [2.24, 2.45) is 0 Å². The number of hydrogen-bond donors (Lipinski definition) is 1. The van der Waals surface area contributed by atoms with Gasteiger partial charge in [-0.05, 0) is 38.9 Å². The number of aliphatic hydroxyl groups is 1. The van der Waals surface area contributed by atoms with Gasteiger partial charge in [0.05, 0.1) is 39.6 Å². The van der Waals surface area contributed by atoms with Gasteiger partial charge in [-0.3, -0.25) is 0 Å². The van der Waals surface area contributed by atoms with E-state index >= 15 is 0 Å². The lowest BCUT2D eigenvalue weighted by atomic mass is 9.80. The summed E-state index contributed by atoms with van der Waals surface area (Å²) in [6.45, 7) is 0.859. The maximum absolute atomic E-state index is 11.2. The van der Waals surface area contributed by atoms with Gasteiger partial charge in [0.15, 0.2) is 0 Å². The van der Waals surface area contributed by atoms with Crippen molar-refractivity contribution in [3.8, 4) is 0 Å². The first-order chi connectivity index (χ1) is 29.2. The molecule has 0 heterocycles. The molecule has 0 aliphatic carbocycles. The van der Waals surface area contributed by atoms with E-state index in [0.29, 0.717) is 0 Å². The molecular formula is C53H52O6. The smallest absolute Gasteiger partial charge is 0.143 e. The lowest BCUT2D eigenvalue weighted by molar-refractivity contribution is -0.209. The third-order valence-electron chi connectivity index (χ3n) is 10.4. The Bertz CT molecular complexity index is 2080. The molecule has 0 saturated heterocycles. The average Bonchev–Trinajstić information content (AvgIpc) is 3.32. The molecule has 1 N–H and O–H groups in total. The normalized spacial score (nSPS) is 13.6. The molecule has 0 spiro atoms. The van der Waals surface area contributed by atoms with E-state index in [1.54, 1.807) is 0 Å². The van der Waals surface area contributed by atoms with Gasteiger partial charge in [0.1, 0.15) is 30.0 Å². The molecule has 0 fully saturated rings. The molecule has 4 atom stereocenters. The highest BCUT2D eigenvalue weighted by Gasteiger charge is 2.43. The first kappa shape index (κ1) is 41.5. The SMILES string of the molecule is OC[C@@H](OCc1ccccc1)[C@@H](OCc1ccccc1)[C@H](OCc1ccccc1)[C@H](COC(c1ccccc1)(c1ccccc1)c1ccccc1)OCc1ccccc1. The first-order valence-corrected chi connectivity index (χ1v) is 20.3. The minimum Gasteiger partial charge on any atom is -0.394 e. The first-order valence-electron chi connectivity index (χ1n) is 20.3. The topological polar surface area (TPSA) is 66.4 Å². The van der Waals surface area contributed by atoms with Gasteiger partial charge in [0.2, 0.25) is 0 Å². The van der Waals surface area contributed by atoms with E-state index in [1.807, 2.05) is 176 Å². The van der Waals surface area contributed by atoms with Crippen molar-refractivity contribution in [3.63, 3.8) is 0 Å². The standard InChI is InChI=1S/C53H52O6/c54-36-49(55-37-42-22-8-1-9-23-42)51(57-39-44-26-12-3-13-27-44)52(58-40-45-28-14-4-15-29-45)50(56-38-43-24-10-2-11-25-43)41-59-53(46-30-16-5-17-31-46,47-32-18-6-19-33-47)48-34-20-7-21-35-48/h1-35,49-52,54H,36-41H2/t49-,50+,51-,52-/m1/s1. The van der Waals surface area contributed by atoms with Gasteiger partial charge in [-0.1, -0.05) is 212 Å². The van der Waals surface area contributed by atoms with Crippen LogP contribution in [0.5, 0.6) is 0 Å². The third-order valence-corrected chi connectivity index (χ3v) is 10.4. The molecule has 0 bridgehead atoms. The summed E-state index contributed by atoms with van der Waals surface area (Å²) in [4.78, 5) is 0. The van der Waals surface area contributed by atoms with Crippen molar-refractivity contribution in [3.05, 3.63) is 251 Å². The summed E-state index contributed by atoms with van der Waals surface area (Å²) in [5.74, 6) is 0. The van der Waals surface area contributed by atoms with Gasteiger partial charge >= 0.3 is 0 Å². The summed E-state index contributed by atoms with van der Waals surface area (Å²) in [5, 5.41) is 11.2. The van der Waals surface area contributed by atoms with Crippen molar-refractivity contribution in [2.75, 3.05) is 13.2 Å². The Labute approximate surface area is 348 Å². The molecule has 300 valence electrons. The average molecular weight is 785 g/mol. The summed E-state index contributed by atoms with van der Waals surface area (Å²) in [6.07, 6.45) is -3.08. The summed E-state index contributed by atoms with van der Waals surface area (Å²) < 4.78 is 35.0. The van der Waals surface area contributed by atoms with Crippen LogP contribution in [0.25, 0.3) is 0 Å². The fourth-order valence-electron chi connectivity index (χ4n) is 7.38. The van der Waals surface area contributed by atoms with Crippen LogP contribution >= 0.6 is 0 Å². The lowest BCUT2D eigenvalue weighted by Gasteiger charge is -2.40. The van der Waals surface area contributed by atoms with Crippen LogP contribution in [0.15, 0.2) is 212 Å². The van der Waals surface area contributed by atoms with Gasteiger partial charge in [-0.15, -0.1) is 0 Å². The highest BCUT2D eigenvalue weighted by molar-refractivity contribution is 5.47. The second-order valence-electron chi connectivity index (χ2n) is 14.5. The summed E-state index contributed by atoms with van der Waals surface area (Å²) in [5.41, 5.74) is 5.83. The zero-order valence-electron chi connectivity index (χ0n) is 33.2. The van der Waals surface area contributed by atoms with Crippen LogP contribution in [0.3, 0.4) is 0 Å². The Morgan fingerprint density at radius 3 is 0.932 bits per heavy atom. The van der Waals surface area contributed by atoms with Crippen LogP contribution in [-0.2, 0) is 55.7 Å². The monoisotopic (exact) mass is 784 g/mol. The van der Waals surface area contributed by atoms with Crippen molar-refractivity contribution < 1.29 is 28.8 Å². The zero-order chi connectivity index (χ0) is 40.4. The highest BCUT2D eigenvalue weighted by atomic mass is 16.6. The molecule has 0 aromatic heterocycles. The summed E-state index contributed by atoms with van der Waals surface area (Å²) in [6, 6.07) is 71.0. The Morgan fingerprint density at radius 1 is 0.339 bits per heavy atom. The van der Waals surface area contributed by atoms with E-state index in [0.717, 1.165) is 38.9 Å². The molecule has 59 heavy (non-hydrogen) atoms. The summed E-state index contributed by atoms with van der Waals surface area (Å²) >= 11 is 0. The highest BCUT2D eigenvalue weighted by Crippen LogP contribution is 2.41. The van der Waals surface area contributed by atoms with Crippen LogP contribution in [0.4, 0.5) is 0 Å². The molecule has 0 unspecified atom stereocenters. The molecule has 0 radical (unpaired) electrons. The second-order valence-corrected chi connectivity index (χ2v) is 14.5. The molecule has 0 amide bonds. The number of aliphatic hydroxyl groups excluding tert-OH is 1. The largest absolute Gasteiger partial charge is 0.394 e. The zero-order valence-corrected chi connectivity index (χ0v) is 33.2. The maximum Gasteiger partial charge on any atom is 0.143 e. The van der Waals surface area contributed by atoms with Gasteiger partial charge in [-0.25, -0.2) is 0 Å². The van der Waals surface area contributed by atoms with Crippen molar-refractivity contribution in [1.29, 1.82) is 0 Å². The summed E-state index contributed by atoms with van der Waals surface area (Å²) in [7, 11) is 0. The van der Waals surface area contributed by atoms with Gasteiger partial charge in [-0.2, -0.15) is 0 Å². The molecule has 7 aromatic carbocycles. The molecule has 6 heteroatoms. The molecule has 7 rings (SSSR count). The predicted molar refractivity (Wildman–Crippen MR) is 232 cm³/mol. The Hall–Kier alpha value is -5.70. The molecule has 0 saturated carbocycles. The fraction of sp³-hybridized carbons (Fsp3) is 0.208. The van der Waals surface area contributed by atoms with Crippen LogP contribution in [-0.4, -0.2) is 42.7 Å². The van der Waals surface area contributed by atoms with Crippen LogP contribution in [0.1, 0.15) is 38.9 Å². The minimum atomic E-state index is -1.03. The van der Waals surface area contributed by atoms with Crippen molar-refractivity contribution in [2.45, 2.75) is 56.4 Å². The molecule has 0 aliphatic heterocycles. The Balaban J connectivity index is 1.32. The molecular weight excluding hydrogens is 733 g/mol. The number of benzene rings is 7. The number of rotatable bonds is 22. The minimum absolute atomic E-state index is 0.0903. The quantitative estimate of drug-likeness (QED) is 0.0691. The van der Waals surface area contributed by atoms with Crippen LogP contribution in [0.2, 0.25) is 0 Å². The van der Waals surface area contributed by atoms with E-state index in [4.69, 9.17) is 23.7 Å². The molecule has 6 nitrogen and oxygen atoms in total. The van der Waals surface area contributed by atoms with E-state index in [1.165, 1.54) is 0 Å². The van der Waals surface area contributed by atoms with Crippen molar-refractivity contribution >= 4 is 0 Å². The van der Waals surface area contributed by atoms with Crippen LogP contribution < -0.4 is 0 Å².